The number of nitriles is 1. The number of hydrogen-bond acceptors (Lipinski definition) is 8. The van der Waals surface area contributed by atoms with Gasteiger partial charge in [-0.2, -0.15) is 23.4 Å². The third-order valence-corrected chi connectivity index (χ3v) is 3.69. The summed E-state index contributed by atoms with van der Waals surface area (Å²) in [6.45, 7) is 0.793. The van der Waals surface area contributed by atoms with E-state index in [2.05, 4.69) is 4.98 Å². The highest BCUT2D eigenvalue weighted by atomic mass is 19.4. The Labute approximate surface area is 169 Å². The molecule has 0 spiro atoms. The van der Waals surface area contributed by atoms with Gasteiger partial charge >= 0.3 is 12.1 Å². The molecule has 1 aromatic carbocycles. The van der Waals surface area contributed by atoms with Crippen LogP contribution in [0.5, 0.6) is 17.4 Å². The number of alkyl halides is 3. The van der Waals surface area contributed by atoms with Gasteiger partial charge in [0.05, 0.1) is 5.69 Å². The largest absolute Gasteiger partial charge is 0.490 e. The van der Waals surface area contributed by atoms with Crippen molar-refractivity contribution in [2.45, 2.75) is 20.0 Å². The molecule has 1 aliphatic rings. The Kier molecular flexibility index (Phi) is 7.83. The molecular weight excluding hydrogens is 407 g/mol. The maximum absolute atomic E-state index is 10.6. The van der Waals surface area contributed by atoms with E-state index >= 15 is 0 Å². The number of nitrogen functional groups attached to an aromatic ring is 2. The normalized spacial score (nSPS) is 11.3. The quantitative estimate of drug-likeness (QED) is 0.490. The van der Waals surface area contributed by atoms with Crippen molar-refractivity contribution in [1.82, 2.24) is 4.98 Å². The van der Waals surface area contributed by atoms with Crippen molar-refractivity contribution in [3.63, 3.8) is 0 Å². The van der Waals surface area contributed by atoms with E-state index in [4.69, 9.17) is 41.8 Å². The first kappa shape index (κ1) is 24.3. The van der Waals surface area contributed by atoms with E-state index in [0.29, 0.717) is 48.2 Å². The number of nitrogens with two attached hydrogens (primary N) is 3. The minimum Gasteiger partial charge on any atom is -0.488 e. The highest BCUT2D eigenvalue weighted by molar-refractivity contribution is 5.73. The average Bonchev–Trinajstić information content (AvgIpc) is 2.65. The number of ether oxygens (including phenoxy) is 2. The number of para-hydroxylation sites is 1. The van der Waals surface area contributed by atoms with Gasteiger partial charge in [0, 0.05) is 24.1 Å². The fourth-order valence-electron chi connectivity index (χ4n) is 2.40. The molecule has 2 heterocycles. The monoisotopic (exact) mass is 427 g/mol. The molecular formula is C18H20F3N5O4. The van der Waals surface area contributed by atoms with Crippen LogP contribution in [0.2, 0.25) is 0 Å². The van der Waals surface area contributed by atoms with Crippen molar-refractivity contribution in [2.24, 2.45) is 5.73 Å². The van der Waals surface area contributed by atoms with Gasteiger partial charge in [0.2, 0.25) is 5.88 Å². The highest BCUT2D eigenvalue weighted by Crippen LogP contribution is 2.44. The minimum absolute atomic E-state index is 0. The van der Waals surface area contributed by atoms with Gasteiger partial charge in [0.25, 0.3) is 0 Å². The zero-order valence-electron chi connectivity index (χ0n) is 14.8. The van der Waals surface area contributed by atoms with Gasteiger partial charge in [0.15, 0.2) is 11.5 Å². The van der Waals surface area contributed by atoms with Crippen molar-refractivity contribution in [3.05, 3.63) is 34.9 Å². The summed E-state index contributed by atoms with van der Waals surface area (Å²) in [7, 11) is 0. The van der Waals surface area contributed by atoms with Gasteiger partial charge in [-0.05, 0) is 6.07 Å². The highest BCUT2D eigenvalue weighted by Gasteiger charge is 2.38. The van der Waals surface area contributed by atoms with Crippen LogP contribution in [0.1, 0.15) is 24.1 Å². The van der Waals surface area contributed by atoms with Crippen LogP contribution < -0.4 is 26.7 Å². The number of rotatable bonds is 3. The second kappa shape index (κ2) is 9.66. The van der Waals surface area contributed by atoms with Crippen LogP contribution in [0.4, 0.5) is 24.7 Å². The average molecular weight is 427 g/mol. The second-order valence-corrected chi connectivity index (χ2v) is 5.64. The number of fused-ring (bicyclic) bond motifs is 2. The Hall–Kier alpha value is -3.72. The summed E-state index contributed by atoms with van der Waals surface area (Å²) in [6, 6.07) is 7.55. The summed E-state index contributed by atoms with van der Waals surface area (Å²) in [5, 5.41) is 16.2. The Morgan fingerprint density at radius 3 is 2.53 bits per heavy atom. The van der Waals surface area contributed by atoms with Crippen LogP contribution in [0, 0.1) is 11.3 Å². The molecule has 0 unspecified atom stereocenters. The Morgan fingerprint density at radius 1 is 1.37 bits per heavy atom. The van der Waals surface area contributed by atoms with Crippen molar-refractivity contribution in [3.8, 4) is 23.4 Å². The van der Waals surface area contributed by atoms with Crippen LogP contribution in [-0.4, -0.2) is 35.4 Å². The lowest BCUT2D eigenvalue weighted by Gasteiger charge is -2.23. The number of hydrogen-bond donors (Lipinski definition) is 4. The zero-order valence-corrected chi connectivity index (χ0v) is 14.8. The molecule has 7 N–H and O–H groups in total. The van der Waals surface area contributed by atoms with Crippen LogP contribution >= 0.6 is 0 Å². The topological polar surface area (TPSA) is 170 Å². The molecule has 9 nitrogen and oxygen atoms in total. The fraction of sp³-hybridized carbons (Fsp3) is 0.278. The van der Waals surface area contributed by atoms with E-state index in [1.54, 1.807) is 6.07 Å². The molecule has 0 saturated carbocycles. The molecule has 0 atom stereocenters. The number of carbonyl (C=O) groups is 1. The van der Waals surface area contributed by atoms with E-state index < -0.39 is 12.1 Å². The smallest absolute Gasteiger partial charge is 0.488 e. The lowest BCUT2D eigenvalue weighted by atomic mass is 9.99. The Morgan fingerprint density at radius 2 is 2.00 bits per heavy atom. The molecule has 0 fully saturated rings. The van der Waals surface area contributed by atoms with Crippen molar-refractivity contribution in [1.29, 1.82) is 5.26 Å². The molecule has 0 amide bonds. The molecule has 0 bridgehead atoms. The van der Waals surface area contributed by atoms with Gasteiger partial charge in [-0.1, -0.05) is 19.6 Å². The van der Waals surface area contributed by atoms with Gasteiger partial charge in [-0.15, -0.1) is 0 Å². The van der Waals surface area contributed by atoms with E-state index in [1.165, 1.54) is 0 Å². The van der Waals surface area contributed by atoms with Gasteiger partial charge in [-0.3, -0.25) is 0 Å². The van der Waals surface area contributed by atoms with Crippen molar-refractivity contribution >= 4 is 17.5 Å². The summed E-state index contributed by atoms with van der Waals surface area (Å²) < 4.78 is 43.1. The van der Waals surface area contributed by atoms with Crippen LogP contribution in [0.3, 0.4) is 0 Å². The maximum Gasteiger partial charge on any atom is 0.490 e. The molecule has 30 heavy (non-hydrogen) atoms. The number of anilines is 2. The Balaban J connectivity index is 0.000000489. The number of halogens is 3. The number of nitrogens with zero attached hydrogens (tertiary/aromatic N) is 2. The summed E-state index contributed by atoms with van der Waals surface area (Å²) in [6.07, 6.45) is -4.59. The third kappa shape index (κ3) is 5.21. The minimum atomic E-state index is -5.08. The summed E-state index contributed by atoms with van der Waals surface area (Å²) in [5.74, 6) is -1.21. The number of carboxylic acid groups (broad SMARTS) is 1. The lowest BCUT2D eigenvalue weighted by Crippen LogP contribution is -2.21. The predicted molar refractivity (Wildman–Crippen MR) is 102 cm³/mol. The first-order valence-electron chi connectivity index (χ1n) is 8.00. The summed E-state index contributed by atoms with van der Waals surface area (Å²) in [5.41, 5.74) is 19.3. The molecule has 1 aliphatic heterocycles. The zero-order chi connectivity index (χ0) is 21.8. The Bertz CT molecular complexity index is 974. The molecule has 3 rings (SSSR count). The third-order valence-electron chi connectivity index (χ3n) is 3.69. The fourth-order valence-corrected chi connectivity index (χ4v) is 2.40. The molecule has 12 heteroatoms. The van der Waals surface area contributed by atoms with Crippen LogP contribution in [0.25, 0.3) is 0 Å². The standard InChI is InChI=1S/C15H15N5O2.C2HF3O2.CH4/c16-4-5-21-11-3-1-2-8-6-9-12(18)10(7-17)14(19)20-15(9)22-13(8)11;3-2(4,5)1(6)7;/h1-3H,4-6,16H2,(H4,18,19,20);(H,6,7);1H4. The number of aromatic nitrogens is 1. The first-order chi connectivity index (χ1) is 13.6. The predicted octanol–water partition coefficient (Wildman–Crippen LogP) is 2.42. The van der Waals surface area contributed by atoms with Crippen LogP contribution in [0.15, 0.2) is 18.2 Å². The molecule has 162 valence electrons. The molecule has 2 aromatic rings. The van der Waals surface area contributed by atoms with Gasteiger partial charge in [-0.25, -0.2) is 4.79 Å². The van der Waals surface area contributed by atoms with Crippen molar-refractivity contribution < 1.29 is 32.5 Å². The van der Waals surface area contributed by atoms with E-state index in [-0.39, 0.29) is 18.8 Å². The van der Waals surface area contributed by atoms with E-state index in [0.717, 1.165) is 5.56 Å². The molecule has 0 aliphatic carbocycles. The van der Waals surface area contributed by atoms with E-state index in [9.17, 15) is 13.2 Å². The molecule has 1 aromatic heterocycles. The summed E-state index contributed by atoms with van der Waals surface area (Å²) >= 11 is 0. The van der Waals surface area contributed by atoms with E-state index in [1.807, 2.05) is 18.2 Å². The number of carboxylic acids is 1. The van der Waals surface area contributed by atoms with Crippen LogP contribution in [-0.2, 0) is 11.2 Å². The lowest BCUT2D eigenvalue weighted by molar-refractivity contribution is -0.192. The van der Waals surface area contributed by atoms with Gasteiger partial charge < -0.3 is 31.8 Å². The maximum atomic E-state index is 10.6. The van der Waals surface area contributed by atoms with Gasteiger partial charge in [0.1, 0.15) is 24.1 Å². The SMILES string of the molecule is C.N#Cc1c(N)nc2c(c1N)Cc1cccc(OCCN)c1O2.O=C(O)C(F)(F)F. The molecule has 0 radical (unpaired) electrons. The number of pyridine rings is 1. The first-order valence-corrected chi connectivity index (χ1v) is 8.00. The number of benzene rings is 1. The molecule has 0 saturated heterocycles. The van der Waals surface area contributed by atoms with Crippen molar-refractivity contribution in [2.75, 3.05) is 24.6 Å². The second-order valence-electron chi connectivity index (χ2n) is 5.64. The number of aliphatic carboxylic acids is 1. The summed E-state index contributed by atoms with van der Waals surface area (Å²) in [4.78, 5) is 13.0.